The smallest absolute Gasteiger partial charge is 0.139 e. The number of thiophene rings is 8. The van der Waals surface area contributed by atoms with Crippen molar-refractivity contribution in [2.24, 2.45) is 0 Å². The molecule has 0 fully saturated rings. The summed E-state index contributed by atoms with van der Waals surface area (Å²) in [5, 5.41) is 0. The SMILES string of the molecule is CCCCCCOc1cc(-c2ccc(-c3cc(OCCCCCC)c(-c4ccc(-c5ccc(-c6sc(C(C)(C)C)cc6OCCCCCC)s5)s4)s3)c3nsnc23)sc1-c1ccc(-c2ccc(-c3sc(C(C)(C)C)cc3OCCCCCC)s2)s1. The number of aromatic nitrogens is 2. The summed E-state index contributed by atoms with van der Waals surface area (Å²) in [5.41, 5.74) is 4.11. The number of ether oxygens (including phenoxy) is 4. The second kappa shape index (κ2) is 29.9. The molecule has 0 aliphatic carbocycles. The Morgan fingerprint density at radius 3 is 0.882 bits per heavy atom. The third kappa shape index (κ3) is 15.8. The van der Waals surface area contributed by atoms with E-state index in [0.29, 0.717) is 13.2 Å². The molecular formula is C70H84N2O4S9. The van der Waals surface area contributed by atoms with E-state index in [2.05, 4.69) is 154 Å². The van der Waals surface area contributed by atoms with E-state index in [1.807, 2.05) is 68.0 Å². The van der Waals surface area contributed by atoms with Crippen LogP contribution in [0.3, 0.4) is 0 Å². The first kappa shape index (κ1) is 63.8. The molecule has 0 atom stereocenters. The Balaban J connectivity index is 0.931. The highest BCUT2D eigenvalue weighted by Crippen LogP contribution is 2.54. The van der Waals surface area contributed by atoms with Crippen molar-refractivity contribution in [3.8, 4) is 102 Å². The van der Waals surface area contributed by atoms with Crippen molar-refractivity contribution in [2.75, 3.05) is 26.4 Å². The predicted octanol–water partition coefficient (Wildman–Crippen LogP) is 26.0. The zero-order chi connectivity index (χ0) is 59.5. The van der Waals surface area contributed by atoms with Crippen LogP contribution in [0, 0.1) is 0 Å². The Hall–Kier alpha value is -4.16. The molecule has 0 unspecified atom stereocenters. The molecular weight excluding hydrogens is 1220 g/mol. The maximum Gasteiger partial charge on any atom is 0.139 e. The van der Waals surface area contributed by atoms with Crippen LogP contribution < -0.4 is 18.9 Å². The third-order valence-electron chi connectivity index (χ3n) is 15.0. The molecule has 85 heavy (non-hydrogen) atoms. The Morgan fingerprint density at radius 2 is 0.588 bits per heavy atom. The number of hydrogen-bond donors (Lipinski definition) is 0. The Morgan fingerprint density at radius 1 is 0.306 bits per heavy atom. The minimum atomic E-state index is 0.0513. The molecule has 9 heterocycles. The van der Waals surface area contributed by atoms with Crippen LogP contribution in [0.5, 0.6) is 23.0 Å². The molecule has 0 N–H and O–H groups in total. The summed E-state index contributed by atoms with van der Waals surface area (Å²) in [6, 6.07) is 32.0. The number of unbranched alkanes of at least 4 members (excludes halogenated alkanes) is 12. The normalized spacial score (nSPS) is 12.1. The highest BCUT2D eigenvalue weighted by Gasteiger charge is 2.27. The predicted molar refractivity (Wildman–Crippen MR) is 380 cm³/mol. The lowest BCUT2D eigenvalue weighted by Gasteiger charge is -2.15. The van der Waals surface area contributed by atoms with Crippen molar-refractivity contribution in [1.29, 1.82) is 0 Å². The van der Waals surface area contributed by atoms with Gasteiger partial charge in [0.1, 0.15) is 34.0 Å². The summed E-state index contributed by atoms with van der Waals surface area (Å²) < 4.78 is 36.7. The maximum absolute atomic E-state index is 6.76. The molecule has 0 saturated carbocycles. The first-order valence-corrected chi connectivity index (χ1v) is 38.3. The zero-order valence-electron chi connectivity index (χ0n) is 51.4. The fourth-order valence-electron chi connectivity index (χ4n) is 10.1. The van der Waals surface area contributed by atoms with E-state index >= 15 is 0 Å². The molecule has 0 amide bonds. The summed E-state index contributed by atoms with van der Waals surface area (Å²) in [6.07, 6.45) is 18.7. The van der Waals surface area contributed by atoms with Gasteiger partial charge in [0, 0.05) is 69.7 Å². The van der Waals surface area contributed by atoms with Gasteiger partial charge >= 0.3 is 0 Å². The van der Waals surface area contributed by atoms with Gasteiger partial charge in [-0.15, -0.1) is 90.7 Å². The molecule has 0 aliphatic rings. The lowest BCUT2D eigenvalue weighted by molar-refractivity contribution is 0.307. The molecule has 0 aliphatic heterocycles. The van der Waals surface area contributed by atoms with E-state index in [-0.39, 0.29) is 10.8 Å². The number of hydrogen-bond acceptors (Lipinski definition) is 15. The summed E-state index contributed by atoms with van der Waals surface area (Å²) in [4.78, 5) is 19.8. The van der Waals surface area contributed by atoms with Gasteiger partial charge in [0.15, 0.2) is 0 Å². The molecule has 0 saturated heterocycles. The minimum absolute atomic E-state index is 0.0513. The van der Waals surface area contributed by atoms with Crippen molar-refractivity contribution >= 4 is 113 Å². The standard InChI is InChI=1S/C70H84N2O4S9/c1-11-15-19-23-37-73-47-41-59(81-65(47)55-33-29-51(77-55)53-31-35-57(79-53)67-49(75-39-25-21-17-13-3)43-61(83-67)69(5,6)7)45-27-28-46(64-63(45)71-85-72-64)60-42-48(74-38-24-20-16-12-2)66(82-60)56-34-30-52(78-56)54-32-36-58(80-54)68-50(76-40-26-22-18-14-4)44-62(84-68)70(8,9)10/h27-36,41-44H,11-26,37-40H2,1-10H3. The van der Waals surface area contributed by atoms with E-state index in [1.54, 1.807) is 22.7 Å². The number of benzene rings is 1. The van der Waals surface area contributed by atoms with Gasteiger partial charge in [-0.3, -0.25) is 0 Å². The van der Waals surface area contributed by atoms with Crippen LogP contribution in [0.25, 0.3) is 90.4 Å². The topological polar surface area (TPSA) is 62.7 Å². The molecule has 10 rings (SSSR count). The maximum atomic E-state index is 6.76. The van der Waals surface area contributed by atoms with Crippen molar-refractivity contribution in [2.45, 2.75) is 183 Å². The molecule has 15 heteroatoms. The fraction of sp³-hybridized carbons (Fsp3) is 0.457. The zero-order valence-corrected chi connectivity index (χ0v) is 58.8. The molecule has 1 aromatic carbocycles. The summed E-state index contributed by atoms with van der Waals surface area (Å²) in [7, 11) is 0. The summed E-state index contributed by atoms with van der Waals surface area (Å²) >= 11 is 16.1. The lowest BCUT2D eigenvalue weighted by atomic mass is 9.95. The molecule has 6 nitrogen and oxygen atoms in total. The average molecular weight is 1310 g/mol. The summed E-state index contributed by atoms with van der Waals surface area (Å²) in [6.45, 7) is 25.7. The van der Waals surface area contributed by atoms with Crippen LogP contribution in [0.15, 0.2) is 84.9 Å². The largest absolute Gasteiger partial charge is 0.492 e. The van der Waals surface area contributed by atoms with Crippen LogP contribution in [-0.4, -0.2) is 35.2 Å². The van der Waals surface area contributed by atoms with E-state index in [4.69, 9.17) is 27.7 Å². The third-order valence-corrected chi connectivity index (χ3v) is 26.4. The highest BCUT2D eigenvalue weighted by atomic mass is 32.1. The van der Waals surface area contributed by atoms with Gasteiger partial charge in [0.25, 0.3) is 0 Å². The van der Waals surface area contributed by atoms with Crippen molar-refractivity contribution < 1.29 is 18.9 Å². The Kier molecular flexibility index (Phi) is 22.5. The molecule has 10 aromatic rings. The van der Waals surface area contributed by atoms with Crippen molar-refractivity contribution in [3.63, 3.8) is 0 Å². The van der Waals surface area contributed by atoms with E-state index in [9.17, 15) is 0 Å². The van der Waals surface area contributed by atoms with Crippen LogP contribution in [0.2, 0.25) is 0 Å². The van der Waals surface area contributed by atoms with Gasteiger partial charge in [-0.25, -0.2) is 0 Å². The second-order valence-electron chi connectivity index (χ2n) is 24.1. The average Bonchev–Trinajstić information content (AvgIpc) is 2.33. The number of fused-ring (bicyclic) bond motifs is 1. The van der Waals surface area contributed by atoms with E-state index in [1.165, 1.54) is 134 Å². The van der Waals surface area contributed by atoms with Crippen LogP contribution in [0.4, 0.5) is 0 Å². The lowest BCUT2D eigenvalue weighted by Crippen LogP contribution is -2.08. The number of rotatable bonds is 32. The molecule has 0 spiro atoms. The van der Waals surface area contributed by atoms with Crippen LogP contribution in [-0.2, 0) is 10.8 Å². The van der Waals surface area contributed by atoms with E-state index in [0.717, 1.165) is 116 Å². The second-order valence-corrected chi connectivity index (χ2v) is 33.2. The molecule has 9 aromatic heterocycles. The Labute approximate surface area is 542 Å². The van der Waals surface area contributed by atoms with Crippen molar-refractivity contribution in [1.82, 2.24) is 8.75 Å². The van der Waals surface area contributed by atoms with Gasteiger partial charge in [-0.1, -0.05) is 158 Å². The monoisotopic (exact) mass is 1300 g/mol. The molecule has 0 radical (unpaired) electrons. The first-order valence-electron chi connectivity index (χ1n) is 31.0. The molecule has 0 bridgehead atoms. The summed E-state index contributed by atoms with van der Waals surface area (Å²) in [5.74, 6) is 3.93. The van der Waals surface area contributed by atoms with Gasteiger partial charge in [0.05, 0.1) is 57.7 Å². The van der Waals surface area contributed by atoms with Gasteiger partial charge in [-0.2, -0.15) is 8.75 Å². The van der Waals surface area contributed by atoms with Crippen LogP contribution in [0.1, 0.15) is 182 Å². The first-order chi connectivity index (χ1) is 41.2. The fourth-order valence-corrected chi connectivity index (χ4v) is 19.9. The highest BCUT2D eigenvalue weighted by molar-refractivity contribution is 7.30. The van der Waals surface area contributed by atoms with Gasteiger partial charge < -0.3 is 18.9 Å². The van der Waals surface area contributed by atoms with E-state index < -0.39 is 0 Å². The Bertz CT molecular complexity index is 3460. The quantitative estimate of drug-likeness (QED) is 0.0392. The van der Waals surface area contributed by atoms with Crippen LogP contribution >= 0.6 is 102 Å². The minimum Gasteiger partial charge on any atom is -0.492 e. The van der Waals surface area contributed by atoms with Gasteiger partial charge in [-0.05, 0) is 109 Å². The van der Waals surface area contributed by atoms with Crippen molar-refractivity contribution in [3.05, 3.63) is 94.7 Å². The molecule has 452 valence electrons. The van der Waals surface area contributed by atoms with Gasteiger partial charge in [0.2, 0.25) is 0 Å². The number of nitrogens with zero attached hydrogens (tertiary/aromatic N) is 2.